The highest BCUT2D eigenvalue weighted by atomic mass is 31.1. The Labute approximate surface area is 340 Å². The van der Waals surface area contributed by atoms with Crippen LogP contribution in [0.5, 0.6) is 0 Å². The molecule has 290 valence electrons. The second-order valence-corrected chi connectivity index (χ2v) is 15.0. The molecule has 2 heterocycles. The first kappa shape index (κ1) is 38.6. The number of hydrogen-bond acceptors (Lipinski definition) is 7. The first-order chi connectivity index (χ1) is 28.6. The smallest absolute Gasteiger partial charge is 0.299 e. The van der Waals surface area contributed by atoms with Crippen molar-refractivity contribution in [3.8, 4) is 0 Å². The van der Waals surface area contributed by atoms with Crippen molar-refractivity contribution < 1.29 is 13.6 Å². The van der Waals surface area contributed by atoms with Gasteiger partial charge in [-0.05, 0) is 46.2 Å². The summed E-state index contributed by atoms with van der Waals surface area (Å²) in [6, 6.07) is 61.6. The van der Waals surface area contributed by atoms with Crippen LogP contribution in [-0.4, -0.2) is 29.5 Å². The molecule has 9 nitrogen and oxygen atoms in total. The Balaban J connectivity index is 1.10. The van der Waals surface area contributed by atoms with E-state index in [1.807, 2.05) is 132 Å². The standard InChI is InChI=1S/C48H45N6O3P/c1-3-43(45-49-35-53(51-45)47(37-23-11-5-12-24-37,38-25-13-6-14-26-38)39-27-15-7-16-28-39)56-58(55)57-44(4-2)46-50-36-54(52-46)48(40-29-17-8-18-30-40,41-31-19-9-20-32-41)42-33-21-10-22-34-42/h5-36,43-44,58H,3-4H2,1-2H3. The first-order valence-corrected chi connectivity index (χ1v) is 20.9. The third kappa shape index (κ3) is 7.24. The molecule has 0 amide bonds. The number of hydrogen-bond donors (Lipinski definition) is 0. The van der Waals surface area contributed by atoms with Crippen LogP contribution in [0.2, 0.25) is 0 Å². The molecule has 0 aliphatic heterocycles. The molecule has 0 saturated carbocycles. The fourth-order valence-electron chi connectivity index (χ4n) is 7.94. The zero-order chi connectivity index (χ0) is 39.8. The Morgan fingerprint density at radius 3 is 0.914 bits per heavy atom. The lowest BCUT2D eigenvalue weighted by atomic mass is 9.77. The Morgan fingerprint density at radius 2 is 0.690 bits per heavy atom. The monoisotopic (exact) mass is 784 g/mol. The normalized spacial score (nSPS) is 13.5. The first-order valence-electron chi connectivity index (χ1n) is 19.6. The van der Waals surface area contributed by atoms with Crippen molar-refractivity contribution in [2.75, 3.05) is 0 Å². The summed E-state index contributed by atoms with van der Waals surface area (Å²) in [5.74, 6) is 0.816. The van der Waals surface area contributed by atoms with Gasteiger partial charge in [-0.15, -0.1) is 0 Å². The van der Waals surface area contributed by atoms with E-state index in [2.05, 4.69) is 72.8 Å². The van der Waals surface area contributed by atoms with Crippen LogP contribution in [0.4, 0.5) is 0 Å². The van der Waals surface area contributed by atoms with Gasteiger partial charge in [0.25, 0.3) is 0 Å². The zero-order valence-electron chi connectivity index (χ0n) is 32.5. The van der Waals surface area contributed by atoms with Crippen LogP contribution in [0.1, 0.15) is 83.9 Å². The van der Waals surface area contributed by atoms with E-state index < -0.39 is 31.5 Å². The molecule has 2 aromatic heterocycles. The molecule has 8 aromatic rings. The molecule has 0 aliphatic carbocycles. The van der Waals surface area contributed by atoms with Crippen molar-refractivity contribution in [3.05, 3.63) is 240 Å². The van der Waals surface area contributed by atoms with Crippen LogP contribution in [0.15, 0.2) is 195 Å². The minimum Gasteiger partial charge on any atom is -0.299 e. The van der Waals surface area contributed by atoms with Crippen molar-refractivity contribution >= 4 is 8.25 Å². The van der Waals surface area contributed by atoms with Gasteiger partial charge in [0.15, 0.2) is 11.6 Å². The summed E-state index contributed by atoms with van der Waals surface area (Å²) in [6.07, 6.45) is 3.01. The molecule has 8 rings (SSSR count). The van der Waals surface area contributed by atoms with E-state index in [4.69, 9.17) is 29.2 Å². The van der Waals surface area contributed by atoms with Gasteiger partial charge in [0.05, 0.1) is 0 Å². The molecule has 0 fully saturated rings. The third-order valence-corrected chi connectivity index (χ3v) is 11.6. The maximum Gasteiger partial charge on any atom is 0.320 e. The van der Waals surface area contributed by atoms with Crippen LogP contribution in [-0.2, 0) is 24.7 Å². The van der Waals surface area contributed by atoms with E-state index in [0.717, 1.165) is 33.4 Å². The van der Waals surface area contributed by atoms with E-state index >= 15 is 0 Å². The van der Waals surface area contributed by atoms with Crippen LogP contribution in [0.3, 0.4) is 0 Å². The van der Waals surface area contributed by atoms with Crippen molar-refractivity contribution in [2.24, 2.45) is 0 Å². The maximum atomic E-state index is 13.9. The average molecular weight is 785 g/mol. The van der Waals surface area contributed by atoms with Crippen LogP contribution in [0, 0.1) is 0 Å². The van der Waals surface area contributed by atoms with Gasteiger partial charge in [-0.2, -0.15) is 10.2 Å². The summed E-state index contributed by atoms with van der Waals surface area (Å²) in [5, 5.41) is 10.2. The van der Waals surface area contributed by atoms with Gasteiger partial charge < -0.3 is 0 Å². The number of aromatic nitrogens is 6. The summed E-state index contributed by atoms with van der Waals surface area (Å²) in [4.78, 5) is 9.56. The van der Waals surface area contributed by atoms with E-state index in [1.54, 1.807) is 12.7 Å². The summed E-state index contributed by atoms with van der Waals surface area (Å²) in [5.41, 5.74) is 4.41. The van der Waals surface area contributed by atoms with Gasteiger partial charge in [-0.3, -0.25) is 13.6 Å². The van der Waals surface area contributed by atoms with Crippen LogP contribution < -0.4 is 0 Å². The minimum atomic E-state index is -3.10. The van der Waals surface area contributed by atoms with E-state index in [-0.39, 0.29) is 0 Å². The highest BCUT2D eigenvalue weighted by Gasteiger charge is 2.42. The van der Waals surface area contributed by atoms with Crippen LogP contribution >= 0.6 is 8.25 Å². The molecule has 0 spiro atoms. The molecular weight excluding hydrogens is 740 g/mol. The Bertz CT molecular complexity index is 2150. The summed E-state index contributed by atoms with van der Waals surface area (Å²) in [6.45, 7) is 3.91. The molecule has 2 atom stereocenters. The number of rotatable bonds is 16. The molecule has 0 bridgehead atoms. The van der Waals surface area contributed by atoms with Crippen molar-refractivity contribution in [1.82, 2.24) is 29.5 Å². The predicted molar refractivity (Wildman–Crippen MR) is 226 cm³/mol. The third-order valence-electron chi connectivity index (χ3n) is 10.7. The SMILES string of the molecule is CCC(O[PH](=O)OC(CC)c1ncn(C(c2ccccc2)(c2ccccc2)c2ccccc2)n1)c1ncn(C(c2ccccc2)(c2ccccc2)c2ccccc2)n1. The van der Waals surface area contributed by atoms with Gasteiger partial charge in [0.2, 0.25) is 0 Å². The Kier molecular flexibility index (Phi) is 11.6. The topological polar surface area (TPSA) is 97.0 Å². The minimum absolute atomic E-state index is 0.408. The Hall–Kier alpha value is -6.25. The predicted octanol–water partition coefficient (Wildman–Crippen LogP) is 10.6. The van der Waals surface area contributed by atoms with E-state index in [0.29, 0.717) is 24.5 Å². The number of nitrogens with zero attached hydrogens (tertiary/aromatic N) is 6. The fourth-order valence-corrected chi connectivity index (χ4v) is 9.00. The molecule has 6 aromatic carbocycles. The fraction of sp³-hybridized carbons (Fsp3) is 0.167. The molecule has 2 unspecified atom stereocenters. The summed E-state index contributed by atoms with van der Waals surface area (Å²) >= 11 is 0. The molecule has 0 saturated heterocycles. The van der Waals surface area contributed by atoms with E-state index in [1.165, 1.54) is 0 Å². The largest absolute Gasteiger partial charge is 0.320 e. The van der Waals surface area contributed by atoms with Gasteiger partial charge >= 0.3 is 8.25 Å². The molecule has 58 heavy (non-hydrogen) atoms. The van der Waals surface area contributed by atoms with Gasteiger partial charge in [-0.25, -0.2) is 19.3 Å². The molecule has 0 aliphatic rings. The van der Waals surface area contributed by atoms with Gasteiger partial charge in [-0.1, -0.05) is 196 Å². The Morgan fingerprint density at radius 1 is 0.448 bits per heavy atom. The summed E-state index contributed by atoms with van der Waals surface area (Å²) in [7, 11) is -3.10. The summed E-state index contributed by atoms with van der Waals surface area (Å²) < 4.78 is 30.0. The molecule has 10 heteroatoms. The zero-order valence-corrected chi connectivity index (χ0v) is 33.5. The van der Waals surface area contributed by atoms with Gasteiger partial charge in [0, 0.05) is 0 Å². The lowest BCUT2D eigenvalue weighted by molar-refractivity contribution is 0.117. The van der Waals surface area contributed by atoms with Gasteiger partial charge in [0.1, 0.15) is 35.9 Å². The molecule has 0 N–H and O–H groups in total. The highest BCUT2D eigenvalue weighted by molar-refractivity contribution is 7.33. The highest BCUT2D eigenvalue weighted by Crippen LogP contribution is 2.44. The van der Waals surface area contributed by atoms with Crippen molar-refractivity contribution in [2.45, 2.75) is 50.0 Å². The molecule has 0 radical (unpaired) electrons. The van der Waals surface area contributed by atoms with E-state index in [9.17, 15) is 4.57 Å². The van der Waals surface area contributed by atoms with Crippen molar-refractivity contribution in [1.29, 1.82) is 0 Å². The lowest BCUT2D eigenvalue weighted by Crippen LogP contribution is -2.38. The maximum absolute atomic E-state index is 13.9. The second-order valence-electron chi connectivity index (χ2n) is 14.0. The van der Waals surface area contributed by atoms with Crippen molar-refractivity contribution in [3.63, 3.8) is 0 Å². The average Bonchev–Trinajstić information content (AvgIpc) is 4.00. The second kappa shape index (κ2) is 17.5. The lowest BCUT2D eigenvalue weighted by Gasteiger charge is -2.36. The number of benzene rings is 6. The quantitative estimate of drug-likeness (QED) is 0.0711. The van der Waals surface area contributed by atoms with Crippen LogP contribution in [0.25, 0.3) is 0 Å². The molecular formula is C48H45N6O3P.